The van der Waals surface area contributed by atoms with Crippen LogP contribution in [0.3, 0.4) is 0 Å². The smallest absolute Gasteiger partial charge is 0.231 e. The van der Waals surface area contributed by atoms with Crippen LogP contribution in [-0.4, -0.2) is 5.91 Å². The van der Waals surface area contributed by atoms with Gasteiger partial charge in [-0.05, 0) is 37.6 Å². The molecule has 2 aromatic rings. The van der Waals surface area contributed by atoms with Crippen LogP contribution in [0.25, 0.3) is 0 Å². The molecule has 1 atom stereocenters. The molecule has 96 valence electrons. The summed E-state index contributed by atoms with van der Waals surface area (Å²) in [6, 6.07) is 13.4. The van der Waals surface area contributed by atoms with Crippen LogP contribution < -0.4 is 10.1 Å². The van der Waals surface area contributed by atoms with Crippen molar-refractivity contribution in [2.24, 2.45) is 0 Å². The molecule has 19 heavy (non-hydrogen) atoms. The fraction of sp³-hybridized carbons (Fsp3) is 0.188. The summed E-state index contributed by atoms with van der Waals surface area (Å²) in [4.78, 5) is 12.2. The van der Waals surface area contributed by atoms with Gasteiger partial charge in [-0.1, -0.05) is 24.3 Å². The molecule has 1 aliphatic heterocycles. The van der Waals surface area contributed by atoms with Gasteiger partial charge in [-0.2, -0.15) is 0 Å². The van der Waals surface area contributed by atoms with Gasteiger partial charge in [0.2, 0.25) is 5.91 Å². The maximum atomic E-state index is 12.2. The van der Waals surface area contributed by atoms with Crippen LogP contribution in [0, 0.1) is 6.92 Å². The van der Waals surface area contributed by atoms with E-state index in [-0.39, 0.29) is 11.8 Å². The van der Waals surface area contributed by atoms with Gasteiger partial charge in [0.05, 0.1) is 11.6 Å². The Hall–Kier alpha value is -2.29. The van der Waals surface area contributed by atoms with Crippen molar-refractivity contribution >= 4 is 11.6 Å². The van der Waals surface area contributed by atoms with Crippen molar-refractivity contribution < 1.29 is 9.53 Å². The Bertz CT molecular complexity index is 649. The molecule has 0 aromatic heterocycles. The molecule has 1 unspecified atom stereocenters. The van der Waals surface area contributed by atoms with Crippen LogP contribution in [0.5, 0.6) is 11.5 Å². The highest BCUT2D eigenvalue weighted by molar-refractivity contribution is 5.97. The Kier molecular flexibility index (Phi) is 2.75. The number of ether oxygens (including phenoxy) is 1. The molecule has 0 radical (unpaired) electrons. The monoisotopic (exact) mass is 253 g/mol. The van der Waals surface area contributed by atoms with E-state index in [0.717, 1.165) is 22.6 Å². The van der Waals surface area contributed by atoms with Crippen LogP contribution in [0.2, 0.25) is 0 Å². The number of fused-ring (bicyclic) bond motifs is 2. The van der Waals surface area contributed by atoms with E-state index in [1.165, 1.54) is 0 Å². The van der Waals surface area contributed by atoms with Gasteiger partial charge in [-0.3, -0.25) is 4.79 Å². The Labute approximate surface area is 112 Å². The van der Waals surface area contributed by atoms with Crippen molar-refractivity contribution in [3.05, 3.63) is 53.6 Å². The highest BCUT2D eigenvalue weighted by Gasteiger charge is 2.23. The van der Waals surface area contributed by atoms with Gasteiger partial charge in [0.15, 0.2) is 5.75 Å². The minimum atomic E-state index is -0.231. The summed E-state index contributed by atoms with van der Waals surface area (Å²) in [6.07, 6.45) is 0. The highest BCUT2D eigenvalue weighted by atomic mass is 16.5. The van der Waals surface area contributed by atoms with E-state index in [0.29, 0.717) is 5.75 Å². The molecule has 1 N–H and O–H groups in total. The average Bonchev–Trinajstić information content (AvgIpc) is 2.40. The van der Waals surface area contributed by atoms with E-state index in [1.54, 1.807) is 0 Å². The number of anilines is 1. The first kappa shape index (κ1) is 11.8. The van der Waals surface area contributed by atoms with E-state index < -0.39 is 0 Å². The van der Waals surface area contributed by atoms with Crippen LogP contribution in [0.15, 0.2) is 42.5 Å². The number of carbonyl (C=O) groups is 1. The van der Waals surface area contributed by atoms with Crippen LogP contribution in [-0.2, 0) is 4.79 Å². The van der Waals surface area contributed by atoms with Gasteiger partial charge < -0.3 is 10.1 Å². The SMILES string of the molecule is Cc1ccc2c(c1)Oc1ccccc1C(C)C(=O)N2. The van der Waals surface area contributed by atoms with Crippen molar-refractivity contribution in [1.82, 2.24) is 0 Å². The third kappa shape index (κ3) is 2.08. The lowest BCUT2D eigenvalue weighted by atomic mass is 9.98. The summed E-state index contributed by atoms with van der Waals surface area (Å²) < 4.78 is 5.97. The Morgan fingerprint density at radius 1 is 1.11 bits per heavy atom. The Morgan fingerprint density at radius 2 is 1.89 bits per heavy atom. The van der Waals surface area contributed by atoms with Gasteiger partial charge in [-0.25, -0.2) is 0 Å². The number of nitrogens with one attached hydrogen (secondary N) is 1. The zero-order chi connectivity index (χ0) is 13.4. The van der Waals surface area contributed by atoms with Crippen molar-refractivity contribution in [3.8, 4) is 11.5 Å². The molecule has 2 aromatic carbocycles. The molecular formula is C16H15NO2. The minimum Gasteiger partial charge on any atom is -0.455 e. The molecule has 3 rings (SSSR count). The molecule has 0 bridgehead atoms. The molecule has 0 saturated heterocycles. The fourth-order valence-electron chi connectivity index (χ4n) is 2.25. The largest absolute Gasteiger partial charge is 0.455 e. The first-order valence-corrected chi connectivity index (χ1v) is 6.33. The zero-order valence-corrected chi connectivity index (χ0v) is 10.9. The van der Waals surface area contributed by atoms with Crippen molar-refractivity contribution in [2.45, 2.75) is 19.8 Å². The molecule has 3 nitrogen and oxygen atoms in total. The maximum absolute atomic E-state index is 12.2. The number of hydrogen-bond donors (Lipinski definition) is 1. The average molecular weight is 253 g/mol. The van der Waals surface area contributed by atoms with E-state index >= 15 is 0 Å². The van der Waals surface area contributed by atoms with Crippen LogP contribution >= 0.6 is 0 Å². The summed E-state index contributed by atoms with van der Waals surface area (Å²) in [5.41, 5.74) is 2.73. The maximum Gasteiger partial charge on any atom is 0.231 e. The molecule has 1 heterocycles. The molecular weight excluding hydrogens is 238 g/mol. The number of hydrogen-bond acceptors (Lipinski definition) is 2. The molecule has 1 amide bonds. The lowest BCUT2D eigenvalue weighted by molar-refractivity contribution is -0.117. The number of rotatable bonds is 0. The topological polar surface area (TPSA) is 38.3 Å². The minimum absolute atomic E-state index is 0.0131. The second-order valence-corrected chi connectivity index (χ2v) is 4.85. The van der Waals surface area contributed by atoms with Gasteiger partial charge in [-0.15, -0.1) is 0 Å². The number of carbonyl (C=O) groups excluding carboxylic acids is 1. The van der Waals surface area contributed by atoms with E-state index in [9.17, 15) is 4.79 Å². The summed E-state index contributed by atoms with van der Waals surface area (Å²) in [5.74, 6) is 1.19. The lowest BCUT2D eigenvalue weighted by Crippen LogP contribution is -2.21. The van der Waals surface area contributed by atoms with Gasteiger partial charge in [0.25, 0.3) is 0 Å². The first-order valence-electron chi connectivity index (χ1n) is 6.33. The Morgan fingerprint density at radius 3 is 2.74 bits per heavy atom. The molecule has 0 saturated carbocycles. The first-order chi connectivity index (χ1) is 9.15. The molecule has 0 fully saturated rings. The number of aryl methyl sites for hydroxylation is 1. The summed E-state index contributed by atoms with van der Waals surface area (Å²) in [5, 5.41) is 2.92. The second kappa shape index (κ2) is 4.43. The fourth-order valence-corrected chi connectivity index (χ4v) is 2.25. The summed E-state index contributed by atoms with van der Waals surface area (Å²) in [6.45, 7) is 3.88. The third-order valence-electron chi connectivity index (χ3n) is 3.39. The van der Waals surface area contributed by atoms with E-state index in [4.69, 9.17) is 4.74 Å². The number of para-hydroxylation sites is 1. The summed E-state index contributed by atoms with van der Waals surface area (Å²) >= 11 is 0. The van der Waals surface area contributed by atoms with Crippen molar-refractivity contribution in [3.63, 3.8) is 0 Å². The second-order valence-electron chi connectivity index (χ2n) is 4.85. The number of amides is 1. The van der Waals surface area contributed by atoms with Gasteiger partial charge in [0.1, 0.15) is 5.75 Å². The van der Waals surface area contributed by atoms with Gasteiger partial charge in [0, 0.05) is 5.56 Å². The van der Waals surface area contributed by atoms with E-state index in [2.05, 4.69) is 5.32 Å². The standard InChI is InChI=1S/C16H15NO2/c1-10-7-8-13-15(9-10)19-14-6-4-3-5-12(14)11(2)16(18)17-13/h3-9,11H,1-2H3,(H,17,18). The molecule has 3 heteroatoms. The highest BCUT2D eigenvalue weighted by Crippen LogP contribution is 2.38. The predicted octanol–water partition coefficient (Wildman–Crippen LogP) is 3.84. The van der Waals surface area contributed by atoms with Crippen molar-refractivity contribution in [1.29, 1.82) is 0 Å². The molecule has 1 aliphatic rings. The molecule has 0 spiro atoms. The number of benzene rings is 2. The zero-order valence-electron chi connectivity index (χ0n) is 10.9. The Balaban J connectivity index is 2.17. The third-order valence-corrected chi connectivity index (χ3v) is 3.39. The van der Waals surface area contributed by atoms with Crippen molar-refractivity contribution in [2.75, 3.05) is 5.32 Å². The molecule has 0 aliphatic carbocycles. The normalized spacial score (nSPS) is 17.4. The van der Waals surface area contributed by atoms with Crippen LogP contribution in [0.4, 0.5) is 5.69 Å². The summed E-state index contributed by atoms with van der Waals surface area (Å²) in [7, 11) is 0. The predicted molar refractivity (Wildman–Crippen MR) is 74.7 cm³/mol. The van der Waals surface area contributed by atoms with Crippen LogP contribution in [0.1, 0.15) is 24.0 Å². The quantitative estimate of drug-likeness (QED) is 0.774. The lowest BCUT2D eigenvalue weighted by Gasteiger charge is -2.22. The van der Waals surface area contributed by atoms with E-state index in [1.807, 2.05) is 56.3 Å². The van der Waals surface area contributed by atoms with Gasteiger partial charge >= 0.3 is 0 Å².